The summed E-state index contributed by atoms with van der Waals surface area (Å²) >= 11 is 0. The standard InChI is InChI=1S/C71H59N3O/c1-11-19-41-26-39(4)71(10)51-33-54-45(30-50(51)69(8)35-70(71,9)36-69)47-28-43(68(5,6)7)29-48-46-31-53-49(32-52(46)73(54)65(47)48)61-59(41)62-44-24-17-18-25-56(44)75-67(62)64-63-55(74(53)66(61)64)27-42(34-72)60-57(40-22-13-12-14-23-40)37(2)20-15-16-21-38(3)58(60)63/h11-33,39,57H,35-36H2,1-10H3/b16-15-,19-11-,37-20+,38-21+,41-26+. The third-order valence-electron chi connectivity index (χ3n) is 20.1. The molecule has 1 aliphatic heterocycles. The van der Waals surface area contributed by atoms with Gasteiger partial charge in [-0.3, -0.25) is 0 Å². The van der Waals surface area contributed by atoms with Gasteiger partial charge in [0.05, 0.1) is 50.1 Å². The molecule has 3 unspecified atom stereocenters. The zero-order valence-corrected chi connectivity index (χ0v) is 44.6. The van der Waals surface area contributed by atoms with Crippen LogP contribution in [0.2, 0.25) is 0 Å². The SMILES string of the molecule is C/C=C\C1=C/C(C)C2(C)c3cc4c(cc3C3(C)CC2(C)C3)c2cc(C(C)(C)C)cc3c5cc6c(cc5n4c23)c2c1c1c3ccccc3oc1c1c3c4c(c(C#N)cc3n6c21)C(c1ccccc1)/C(C)=C/C=C\C=C\4C. The number of benzene rings is 7. The molecule has 364 valence electrons. The smallest absolute Gasteiger partial charge is 0.146 e. The molecule has 0 N–H and O–H groups in total. The van der Waals surface area contributed by atoms with Gasteiger partial charge in [0.2, 0.25) is 0 Å². The number of fused-ring (bicyclic) bond motifs is 13. The van der Waals surface area contributed by atoms with Gasteiger partial charge in [-0.15, -0.1) is 0 Å². The summed E-state index contributed by atoms with van der Waals surface area (Å²) in [4.78, 5) is 0. The van der Waals surface area contributed by atoms with E-state index in [1.807, 2.05) is 0 Å². The molecule has 0 spiro atoms. The normalized spacial score (nSPS) is 26.3. The number of nitriles is 1. The van der Waals surface area contributed by atoms with Crippen LogP contribution in [0.5, 0.6) is 0 Å². The Labute approximate surface area is 436 Å². The van der Waals surface area contributed by atoms with Crippen molar-refractivity contribution < 1.29 is 4.42 Å². The van der Waals surface area contributed by atoms with E-state index in [0.29, 0.717) is 5.56 Å². The summed E-state index contributed by atoms with van der Waals surface area (Å²) < 4.78 is 12.7. The van der Waals surface area contributed by atoms with Gasteiger partial charge in [0.1, 0.15) is 11.2 Å². The second-order valence-corrected chi connectivity index (χ2v) is 25.2. The molecule has 0 radical (unpaired) electrons. The van der Waals surface area contributed by atoms with Crippen LogP contribution in [-0.4, -0.2) is 8.80 Å². The summed E-state index contributed by atoms with van der Waals surface area (Å²) in [6, 6.07) is 40.0. The van der Waals surface area contributed by atoms with E-state index in [1.165, 1.54) is 95.1 Å². The van der Waals surface area contributed by atoms with Crippen LogP contribution in [0.25, 0.3) is 109 Å². The van der Waals surface area contributed by atoms with Gasteiger partial charge < -0.3 is 13.2 Å². The summed E-state index contributed by atoms with van der Waals surface area (Å²) in [5, 5.41) is 23.9. The largest absolute Gasteiger partial charge is 0.455 e. The average Bonchev–Trinajstić information content (AvgIpc) is 4.20. The van der Waals surface area contributed by atoms with Crippen LogP contribution in [0.1, 0.15) is 133 Å². The van der Waals surface area contributed by atoms with Crippen molar-refractivity contribution >= 4 is 109 Å². The number of nitrogens with zero attached hydrogens (tertiary/aromatic N) is 3. The Hall–Kier alpha value is -7.87. The number of hydrogen-bond acceptors (Lipinski definition) is 2. The molecular weight excluding hydrogens is 911 g/mol. The van der Waals surface area contributed by atoms with Crippen molar-refractivity contribution in [2.45, 2.75) is 104 Å². The fraction of sp³-hybridized carbons (Fsp3) is 0.254. The molecule has 7 aromatic carbocycles. The minimum atomic E-state index is -0.170. The molecule has 0 saturated heterocycles. The second-order valence-electron chi connectivity index (χ2n) is 25.2. The lowest BCUT2D eigenvalue weighted by atomic mass is 9.35. The van der Waals surface area contributed by atoms with E-state index in [1.54, 1.807) is 5.56 Å². The monoisotopic (exact) mass is 969 g/mol. The summed E-state index contributed by atoms with van der Waals surface area (Å²) in [6.45, 7) is 24.0. The van der Waals surface area contributed by atoms with Gasteiger partial charge in [0.25, 0.3) is 0 Å². The Morgan fingerprint density at radius 2 is 1.36 bits per heavy atom. The first-order valence-electron chi connectivity index (χ1n) is 27.3. The van der Waals surface area contributed by atoms with Gasteiger partial charge in [0.15, 0.2) is 0 Å². The van der Waals surface area contributed by atoms with E-state index in [9.17, 15) is 5.26 Å². The molecule has 1 fully saturated rings. The molecule has 6 bridgehead atoms. The van der Waals surface area contributed by atoms with E-state index < -0.39 is 0 Å². The maximum atomic E-state index is 11.7. The number of hydrogen-bond donors (Lipinski definition) is 0. The minimum Gasteiger partial charge on any atom is -0.455 e. The van der Waals surface area contributed by atoms with E-state index in [4.69, 9.17) is 4.42 Å². The average molecular weight is 970 g/mol. The molecule has 5 aromatic heterocycles. The van der Waals surface area contributed by atoms with Crippen LogP contribution >= 0.6 is 0 Å². The number of rotatable bonds is 2. The van der Waals surface area contributed by atoms with Gasteiger partial charge in [-0.05, 0) is 149 Å². The number of para-hydroxylation sites is 1. The molecule has 17 rings (SSSR count). The topological polar surface area (TPSA) is 45.8 Å². The van der Waals surface area contributed by atoms with Crippen LogP contribution in [0, 0.1) is 22.7 Å². The van der Waals surface area contributed by atoms with Crippen LogP contribution in [0.15, 0.2) is 150 Å². The Kier molecular flexibility index (Phi) is 8.06. The van der Waals surface area contributed by atoms with Crippen molar-refractivity contribution in [3.63, 3.8) is 0 Å². The molecule has 4 aliphatic carbocycles. The first kappa shape index (κ1) is 43.5. The Bertz CT molecular complexity index is 4840. The van der Waals surface area contributed by atoms with Gasteiger partial charge >= 0.3 is 0 Å². The first-order chi connectivity index (χ1) is 36.1. The van der Waals surface area contributed by atoms with Gasteiger partial charge in [-0.25, -0.2) is 0 Å². The van der Waals surface area contributed by atoms with E-state index in [2.05, 4.69) is 224 Å². The molecule has 6 heterocycles. The molecule has 0 amide bonds. The minimum absolute atomic E-state index is 0.0735. The number of aromatic nitrogens is 2. The fourth-order valence-electron chi connectivity index (χ4n) is 16.7. The van der Waals surface area contributed by atoms with Crippen molar-refractivity contribution in [1.82, 2.24) is 8.80 Å². The highest BCUT2D eigenvalue weighted by Crippen LogP contribution is 2.72. The highest BCUT2D eigenvalue weighted by Gasteiger charge is 2.65. The zero-order valence-electron chi connectivity index (χ0n) is 44.6. The van der Waals surface area contributed by atoms with Crippen LogP contribution in [0.3, 0.4) is 0 Å². The predicted molar refractivity (Wildman–Crippen MR) is 315 cm³/mol. The molecule has 12 aromatic rings. The van der Waals surface area contributed by atoms with Crippen LogP contribution in [0.4, 0.5) is 0 Å². The van der Waals surface area contributed by atoms with Crippen molar-refractivity contribution in [2.24, 2.45) is 11.3 Å². The van der Waals surface area contributed by atoms with Gasteiger partial charge in [0, 0.05) is 65.4 Å². The fourth-order valence-corrected chi connectivity index (χ4v) is 16.7. The molecule has 3 atom stereocenters. The summed E-state index contributed by atoms with van der Waals surface area (Å²) in [6.07, 6.45) is 18.4. The maximum absolute atomic E-state index is 11.7. The van der Waals surface area contributed by atoms with Gasteiger partial charge in [-0.1, -0.05) is 145 Å². The van der Waals surface area contributed by atoms with E-state index in [-0.39, 0.29) is 33.5 Å². The predicted octanol–water partition coefficient (Wildman–Crippen LogP) is 19.0. The third-order valence-corrected chi connectivity index (χ3v) is 20.1. The van der Waals surface area contributed by atoms with Crippen molar-refractivity contribution in [1.29, 1.82) is 5.26 Å². The van der Waals surface area contributed by atoms with E-state index >= 15 is 0 Å². The zero-order chi connectivity index (χ0) is 51.1. The molecule has 1 saturated carbocycles. The van der Waals surface area contributed by atoms with Crippen LogP contribution in [-0.2, 0) is 16.2 Å². The third kappa shape index (κ3) is 5.05. The second kappa shape index (κ2) is 13.9. The number of allylic oxidation sites excluding steroid dienone is 10. The molecule has 4 heteroatoms. The first-order valence-corrected chi connectivity index (χ1v) is 27.3. The Morgan fingerprint density at radius 3 is 2.11 bits per heavy atom. The van der Waals surface area contributed by atoms with Crippen molar-refractivity contribution in [3.05, 3.63) is 190 Å². The van der Waals surface area contributed by atoms with E-state index in [0.717, 1.165) is 66.0 Å². The maximum Gasteiger partial charge on any atom is 0.146 e. The lowest BCUT2D eigenvalue weighted by molar-refractivity contribution is -0.0619. The number of furan rings is 1. The highest BCUT2D eigenvalue weighted by molar-refractivity contribution is 6.39. The molecule has 75 heavy (non-hydrogen) atoms. The Balaban J connectivity index is 1.21. The lowest BCUT2D eigenvalue weighted by Crippen LogP contribution is -2.63. The highest BCUT2D eigenvalue weighted by atomic mass is 16.3. The molecule has 5 aliphatic rings. The van der Waals surface area contributed by atoms with Crippen LogP contribution < -0.4 is 0 Å². The molecular formula is C71H59N3O. The molecule has 4 nitrogen and oxygen atoms in total. The van der Waals surface area contributed by atoms with Gasteiger partial charge in [-0.2, -0.15) is 5.26 Å². The Morgan fingerprint density at radius 1 is 0.680 bits per heavy atom. The van der Waals surface area contributed by atoms with Crippen molar-refractivity contribution in [2.75, 3.05) is 0 Å². The van der Waals surface area contributed by atoms with Crippen molar-refractivity contribution in [3.8, 4) is 6.07 Å². The lowest BCUT2D eigenvalue weighted by Gasteiger charge is -2.68. The quantitative estimate of drug-likeness (QED) is 0.173. The summed E-state index contributed by atoms with van der Waals surface area (Å²) in [5.74, 6) is 0.00401. The summed E-state index contributed by atoms with van der Waals surface area (Å²) in [5.41, 5.74) is 22.1. The summed E-state index contributed by atoms with van der Waals surface area (Å²) in [7, 11) is 0.